The summed E-state index contributed by atoms with van der Waals surface area (Å²) in [5, 5.41) is 3.31. The number of benzene rings is 1. The Bertz CT molecular complexity index is 701. The molecule has 0 saturated heterocycles. The SMILES string of the molecule is CCCCN(C(C)c1ccc(OC)c(C)c1C)C1CC(NC(=O)CC(C)C)CC1C. The van der Waals surface area contributed by atoms with Gasteiger partial charge >= 0.3 is 0 Å². The van der Waals surface area contributed by atoms with E-state index in [2.05, 4.69) is 70.8 Å². The Morgan fingerprint density at radius 2 is 1.90 bits per heavy atom. The molecule has 0 aromatic heterocycles. The molecular weight excluding hydrogens is 372 g/mol. The first kappa shape index (κ1) is 24.7. The van der Waals surface area contributed by atoms with Gasteiger partial charge in [-0.15, -0.1) is 0 Å². The predicted octanol–water partition coefficient (Wildman–Crippen LogP) is 5.80. The first-order valence-corrected chi connectivity index (χ1v) is 11.9. The van der Waals surface area contributed by atoms with Crippen LogP contribution in [0.5, 0.6) is 5.75 Å². The zero-order valence-corrected chi connectivity index (χ0v) is 20.5. The number of carbonyl (C=O) groups is 1. The van der Waals surface area contributed by atoms with Gasteiger partial charge in [0.1, 0.15) is 5.75 Å². The molecule has 1 aromatic rings. The summed E-state index contributed by atoms with van der Waals surface area (Å²) in [5.74, 6) is 2.15. The van der Waals surface area contributed by atoms with Crippen molar-refractivity contribution in [2.24, 2.45) is 11.8 Å². The highest BCUT2D eigenvalue weighted by Gasteiger charge is 2.38. The van der Waals surface area contributed by atoms with Crippen LogP contribution in [0, 0.1) is 25.7 Å². The lowest BCUT2D eigenvalue weighted by molar-refractivity contribution is -0.122. The highest BCUT2D eigenvalue weighted by molar-refractivity contribution is 5.76. The van der Waals surface area contributed by atoms with Crippen LogP contribution in [0.4, 0.5) is 0 Å². The van der Waals surface area contributed by atoms with Crippen LogP contribution < -0.4 is 10.1 Å². The van der Waals surface area contributed by atoms with Crippen LogP contribution in [-0.4, -0.2) is 36.5 Å². The van der Waals surface area contributed by atoms with E-state index in [9.17, 15) is 4.79 Å². The molecule has 0 spiro atoms. The van der Waals surface area contributed by atoms with Gasteiger partial charge < -0.3 is 10.1 Å². The molecule has 0 heterocycles. The topological polar surface area (TPSA) is 41.6 Å². The fourth-order valence-corrected chi connectivity index (χ4v) is 5.12. The Morgan fingerprint density at radius 3 is 2.50 bits per heavy atom. The zero-order valence-electron chi connectivity index (χ0n) is 20.5. The molecule has 0 radical (unpaired) electrons. The molecule has 170 valence electrons. The second-order valence-corrected chi connectivity index (χ2v) is 9.75. The summed E-state index contributed by atoms with van der Waals surface area (Å²) in [6.07, 6.45) is 5.14. The minimum atomic E-state index is 0.206. The molecule has 1 aromatic carbocycles. The maximum absolute atomic E-state index is 12.3. The zero-order chi connectivity index (χ0) is 22.4. The standard InChI is InChI=1S/C26H44N2O2/c1-9-10-13-28(21(7)23-11-12-25(30-8)20(6)19(23)5)24-16-22(15-18(24)4)27-26(29)14-17(2)3/h11-12,17-18,21-22,24H,9-10,13-16H2,1-8H3,(H,27,29). The van der Waals surface area contributed by atoms with E-state index < -0.39 is 0 Å². The first-order chi connectivity index (χ1) is 14.2. The molecule has 2 rings (SSSR count). The summed E-state index contributed by atoms with van der Waals surface area (Å²) in [6.45, 7) is 16.6. The van der Waals surface area contributed by atoms with E-state index >= 15 is 0 Å². The number of nitrogens with one attached hydrogen (secondary N) is 1. The maximum atomic E-state index is 12.3. The lowest BCUT2D eigenvalue weighted by Gasteiger charge is -2.38. The third-order valence-corrected chi connectivity index (χ3v) is 6.94. The van der Waals surface area contributed by atoms with Crippen molar-refractivity contribution in [3.8, 4) is 5.75 Å². The molecule has 4 unspecified atom stereocenters. The molecule has 1 saturated carbocycles. The summed E-state index contributed by atoms with van der Waals surface area (Å²) in [7, 11) is 1.74. The summed E-state index contributed by atoms with van der Waals surface area (Å²) in [6, 6.07) is 5.49. The van der Waals surface area contributed by atoms with E-state index in [1.165, 1.54) is 29.5 Å². The number of hydrogen-bond acceptors (Lipinski definition) is 3. The van der Waals surface area contributed by atoms with Crippen LogP contribution >= 0.6 is 0 Å². The van der Waals surface area contributed by atoms with Crippen molar-refractivity contribution in [2.75, 3.05) is 13.7 Å². The van der Waals surface area contributed by atoms with Gasteiger partial charge in [-0.1, -0.05) is 40.2 Å². The molecular formula is C26H44N2O2. The molecule has 4 heteroatoms. The molecule has 0 bridgehead atoms. The number of rotatable bonds is 10. The number of ether oxygens (including phenoxy) is 1. The predicted molar refractivity (Wildman–Crippen MR) is 126 cm³/mol. The second-order valence-electron chi connectivity index (χ2n) is 9.75. The van der Waals surface area contributed by atoms with Crippen molar-refractivity contribution in [3.05, 3.63) is 28.8 Å². The van der Waals surface area contributed by atoms with Crippen molar-refractivity contribution < 1.29 is 9.53 Å². The number of unbranched alkanes of at least 4 members (excludes halogenated alkanes) is 1. The normalized spacial score (nSPS) is 22.5. The van der Waals surface area contributed by atoms with Gasteiger partial charge in [0.25, 0.3) is 0 Å². The molecule has 30 heavy (non-hydrogen) atoms. The van der Waals surface area contributed by atoms with Crippen molar-refractivity contribution in [1.82, 2.24) is 10.2 Å². The lowest BCUT2D eigenvalue weighted by Crippen LogP contribution is -2.41. The number of amides is 1. The van der Waals surface area contributed by atoms with E-state index in [1.54, 1.807) is 7.11 Å². The monoisotopic (exact) mass is 416 g/mol. The second kappa shape index (κ2) is 11.2. The molecule has 1 fully saturated rings. The highest BCUT2D eigenvalue weighted by atomic mass is 16.5. The summed E-state index contributed by atoms with van der Waals surface area (Å²) >= 11 is 0. The van der Waals surface area contributed by atoms with Gasteiger partial charge in [-0.3, -0.25) is 9.69 Å². The molecule has 4 nitrogen and oxygen atoms in total. The van der Waals surface area contributed by atoms with Crippen molar-refractivity contribution in [3.63, 3.8) is 0 Å². The van der Waals surface area contributed by atoms with E-state index in [0.717, 1.165) is 25.1 Å². The van der Waals surface area contributed by atoms with Crippen molar-refractivity contribution in [1.29, 1.82) is 0 Å². The summed E-state index contributed by atoms with van der Waals surface area (Å²) in [5.41, 5.74) is 3.95. The molecule has 0 aliphatic heterocycles. The smallest absolute Gasteiger partial charge is 0.220 e. The van der Waals surface area contributed by atoms with Crippen LogP contribution in [0.2, 0.25) is 0 Å². The van der Waals surface area contributed by atoms with Crippen LogP contribution in [0.1, 0.15) is 89.5 Å². The molecule has 1 N–H and O–H groups in total. The third kappa shape index (κ3) is 6.00. The average Bonchev–Trinajstić information content (AvgIpc) is 3.03. The molecule has 1 aliphatic carbocycles. The van der Waals surface area contributed by atoms with Crippen LogP contribution in [0.3, 0.4) is 0 Å². The van der Waals surface area contributed by atoms with Crippen LogP contribution in [0.25, 0.3) is 0 Å². The third-order valence-electron chi connectivity index (χ3n) is 6.94. The Morgan fingerprint density at radius 1 is 1.20 bits per heavy atom. The lowest BCUT2D eigenvalue weighted by atomic mass is 9.93. The van der Waals surface area contributed by atoms with E-state index in [0.29, 0.717) is 36.4 Å². The van der Waals surface area contributed by atoms with Gasteiger partial charge in [-0.2, -0.15) is 0 Å². The molecule has 4 atom stereocenters. The van der Waals surface area contributed by atoms with Crippen molar-refractivity contribution in [2.45, 2.75) is 98.7 Å². The maximum Gasteiger partial charge on any atom is 0.220 e. The van der Waals surface area contributed by atoms with Gasteiger partial charge in [0.05, 0.1) is 7.11 Å². The quantitative estimate of drug-likeness (QED) is 0.524. The Balaban J connectivity index is 2.20. The number of methoxy groups -OCH3 is 1. The van der Waals surface area contributed by atoms with Gasteiger partial charge in [0.2, 0.25) is 5.91 Å². The Hall–Kier alpha value is -1.55. The number of nitrogens with zero attached hydrogens (tertiary/aromatic N) is 1. The van der Waals surface area contributed by atoms with Crippen LogP contribution in [0.15, 0.2) is 12.1 Å². The fourth-order valence-electron chi connectivity index (χ4n) is 5.12. The number of hydrogen-bond donors (Lipinski definition) is 1. The van der Waals surface area contributed by atoms with Gasteiger partial charge in [0.15, 0.2) is 0 Å². The average molecular weight is 417 g/mol. The fraction of sp³-hybridized carbons (Fsp3) is 0.731. The minimum absolute atomic E-state index is 0.206. The number of carbonyl (C=O) groups excluding carboxylic acids is 1. The van der Waals surface area contributed by atoms with Crippen LogP contribution in [-0.2, 0) is 4.79 Å². The van der Waals surface area contributed by atoms with E-state index in [-0.39, 0.29) is 5.91 Å². The summed E-state index contributed by atoms with van der Waals surface area (Å²) in [4.78, 5) is 15.0. The van der Waals surface area contributed by atoms with E-state index in [4.69, 9.17) is 4.74 Å². The highest BCUT2D eigenvalue weighted by Crippen LogP contribution is 2.37. The molecule has 1 amide bonds. The molecule has 1 aliphatic rings. The largest absolute Gasteiger partial charge is 0.496 e. The Kier molecular flexibility index (Phi) is 9.21. The van der Waals surface area contributed by atoms with Gasteiger partial charge in [-0.25, -0.2) is 0 Å². The van der Waals surface area contributed by atoms with Crippen molar-refractivity contribution >= 4 is 5.91 Å². The summed E-state index contributed by atoms with van der Waals surface area (Å²) < 4.78 is 5.53. The van der Waals surface area contributed by atoms with E-state index in [1.807, 2.05) is 0 Å². The van der Waals surface area contributed by atoms with Gasteiger partial charge in [0, 0.05) is 24.5 Å². The van der Waals surface area contributed by atoms with Gasteiger partial charge in [-0.05, 0) is 81.2 Å². The first-order valence-electron chi connectivity index (χ1n) is 11.9. The Labute approximate surface area is 184 Å². The minimum Gasteiger partial charge on any atom is -0.496 e.